The molecular weight excluding hydrogens is 214 g/mol. The van der Waals surface area contributed by atoms with Gasteiger partial charge in [0.2, 0.25) is 0 Å². The molecule has 2 unspecified atom stereocenters. The molecule has 98 valence electrons. The van der Waals surface area contributed by atoms with Crippen molar-refractivity contribution in [3.8, 4) is 0 Å². The highest BCUT2D eigenvalue weighted by molar-refractivity contribution is 5.19. The molecular formula is C13H25N3O. The Labute approximate surface area is 104 Å². The maximum absolute atomic E-state index is 10.2. The molecule has 1 heterocycles. The van der Waals surface area contributed by atoms with Crippen LogP contribution in [0.3, 0.4) is 0 Å². The summed E-state index contributed by atoms with van der Waals surface area (Å²) in [6.45, 7) is 8.44. The van der Waals surface area contributed by atoms with Crippen LogP contribution in [0.1, 0.15) is 51.0 Å². The Hall–Kier alpha value is -0.870. The molecule has 0 radical (unpaired) electrons. The maximum Gasteiger partial charge on any atom is 0.0973 e. The third-order valence-electron chi connectivity index (χ3n) is 3.00. The van der Waals surface area contributed by atoms with E-state index < -0.39 is 6.10 Å². The summed E-state index contributed by atoms with van der Waals surface area (Å²) in [4.78, 5) is 0. The SMILES string of the molecule is Cc1nn(C)cc1C(O)C(N)CCC(C)(C)C. The van der Waals surface area contributed by atoms with E-state index in [9.17, 15) is 5.11 Å². The van der Waals surface area contributed by atoms with Crippen LogP contribution in [0.5, 0.6) is 0 Å². The molecule has 0 fully saturated rings. The smallest absolute Gasteiger partial charge is 0.0973 e. The lowest BCUT2D eigenvalue weighted by atomic mass is 9.87. The van der Waals surface area contributed by atoms with Crippen LogP contribution in [0, 0.1) is 12.3 Å². The van der Waals surface area contributed by atoms with Crippen LogP contribution in [-0.4, -0.2) is 20.9 Å². The first kappa shape index (κ1) is 14.2. The van der Waals surface area contributed by atoms with Crippen molar-refractivity contribution >= 4 is 0 Å². The number of aliphatic hydroxyl groups is 1. The number of hydrogen-bond donors (Lipinski definition) is 2. The second kappa shape index (κ2) is 5.19. The zero-order valence-electron chi connectivity index (χ0n) is 11.6. The first-order chi connectivity index (χ1) is 7.70. The molecule has 2 atom stereocenters. The van der Waals surface area contributed by atoms with Gasteiger partial charge in [0.1, 0.15) is 0 Å². The van der Waals surface area contributed by atoms with Gasteiger partial charge in [-0.3, -0.25) is 4.68 Å². The molecule has 0 spiro atoms. The number of aromatic nitrogens is 2. The minimum atomic E-state index is -0.619. The fourth-order valence-corrected chi connectivity index (χ4v) is 1.90. The van der Waals surface area contributed by atoms with Crippen molar-refractivity contribution in [2.24, 2.45) is 18.2 Å². The van der Waals surface area contributed by atoms with Crippen LogP contribution in [-0.2, 0) is 7.05 Å². The molecule has 0 bridgehead atoms. The quantitative estimate of drug-likeness (QED) is 0.843. The van der Waals surface area contributed by atoms with Gasteiger partial charge < -0.3 is 10.8 Å². The normalized spacial score (nSPS) is 15.9. The lowest BCUT2D eigenvalue weighted by Gasteiger charge is -2.23. The van der Waals surface area contributed by atoms with Gasteiger partial charge in [0.05, 0.1) is 11.8 Å². The number of aryl methyl sites for hydroxylation is 2. The predicted octanol–water partition coefficient (Wildman–Crippen LogP) is 1.92. The van der Waals surface area contributed by atoms with Crippen LogP contribution >= 0.6 is 0 Å². The fourth-order valence-electron chi connectivity index (χ4n) is 1.90. The third-order valence-corrected chi connectivity index (χ3v) is 3.00. The van der Waals surface area contributed by atoms with Gasteiger partial charge in [-0.25, -0.2) is 0 Å². The predicted molar refractivity (Wildman–Crippen MR) is 69.6 cm³/mol. The number of nitrogens with two attached hydrogens (primary N) is 1. The van der Waals surface area contributed by atoms with E-state index >= 15 is 0 Å². The Morgan fingerprint density at radius 3 is 2.47 bits per heavy atom. The average molecular weight is 239 g/mol. The van der Waals surface area contributed by atoms with Gasteiger partial charge in [-0.2, -0.15) is 5.10 Å². The van der Waals surface area contributed by atoms with Gasteiger partial charge in [0, 0.05) is 24.8 Å². The van der Waals surface area contributed by atoms with E-state index in [0.717, 1.165) is 24.1 Å². The summed E-state index contributed by atoms with van der Waals surface area (Å²) < 4.78 is 1.71. The highest BCUT2D eigenvalue weighted by atomic mass is 16.3. The summed E-state index contributed by atoms with van der Waals surface area (Å²) in [5.74, 6) is 0. The van der Waals surface area contributed by atoms with Crippen molar-refractivity contribution in [3.05, 3.63) is 17.5 Å². The number of nitrogens with zero attached hydrogens (tertiary/aromatic N) is 2. The van der Waals surface area contributed by atoms with E-state index in [2.05, 4.69) is 25.9 Å². The lowest BCUT2D eigenvalue weighted by molar-refractivity contribution is 0.134. The molecule has 0 saturated heterocycles. The highest BCUT2D eigenvalue weighted by Gasteiger charge is 2.22. The Morgan fingerprint density at radius 2 is 2.06 bits per heavy atom. The Balaban J connectivity index is 2.63. The topological polar surface area (TPSA) is 64.1 Å². The van der Waals surface area contributed by atoms with Crippen molar-refractivity contribution in [2.45, 2.75) is 52.7 Å². The minimum absolute atomic E-state index is 0.225. The van der Waals surface area contributed by atoms with Gasteiger partial charge in [0.25, 0.3) is 0 Å². The molecule has 17 heavy (non-hydrogen) atoms. The van der Waals surface area contributed by atoms with Crippen LogP contribution in [0.15, 0.2) is 6.20 Å². The van der Waals surface area contributed by atoms with E-state index in [0.29, 0.717) is 0 Å². The molecule has 0 aliphatic rings. The molecule has 0 saturated carbocycles. The van der Waals surface area contributed by atoms with Gasteiger partial charge in [-0.15, -0.1) is 0 Å². The lowest BCUT2D eigenvalue weighted by Crippen LogP contribution is -2.29. The molecule has 1 aromatic rings. The highest BCUT2D eigenvalue weighted by Crippen LogP contribution is 2.26. The van der Waals surface area contributed by atoms with E-state index in [1.165, 1.54) is 0 Å². The Morgan fingerprint density at radius 1 is 1.47 bits per heavy atom. The number of aliphatic hydroxyl groups excluding tert-OH is 1. The fraction of sp³-hybridized carbons (Fsp3) is 0.769. The van der Waals surface area contributed by atoms with Gasteiger partial charge in [0.15, 0.2) is 0 Å². The molecule has 0 aromatic carbocycles. The average Bonchev–Trinajstić information content (AvgIpc) is 2.52. The molecule has 4 heteroatoms. The molecule has 0 amide bonds. The summed E-state index contributed by atoms with van der Waals surface area (Å²) in [5.41, 5.74) is 7.99. The molecule has 1 rings (SSSR count). The standard InChI is InChI=1S/C13H25N3O/c1-9-10(8-16(5)15-9)12(17)11(14)6-7-13(2,3)4/h8,11-12,17H,6-7,14H2,1-5H3. The van der Waals surface area contributed by atoms with E-state index in [1.54, 1.807) is 4.68 Å². The van der Waals surface area contributed by atoms with Gasteiger partial charge in [-0.05, 0) is 25.2 Å². The van der Waals surface area contributed by atoms with Crippen molar-refractivity contribution in [1.82, 2.24) is 9.78 Å². The Kier molecular flexibility index (Phi) is 4.33. The third kappa shape index (κ3) is 4.13. The molecule has 1 aromatic heterocycles. The maximum atomic E-state index is 10.2. The Bertz CT molecular complexity index is 365. The second-order valence-corrected chi connectivity index (χ2v) is 6.05. The number of hydrogen-bond acceptors (Lipinski definition) is 3. The summed E-state index contributed by atoms with van der Waals surface area (Å²) >= 11 is 0. The van der Waals surface area contributed by atoms with Gasteiger partial charge in [-0.1, -0.05) is 20.8 Å². The van der Waals surface area contributed by atoms with Crippen LogP contribution in [0.4, 0.5) is 0 Å². The van der Waals surface area contributed by atoms with Gasteiger partial charge >= 0.3 is 0 Å². The first-order valence-electron chi connectivity index (χ1n) is 6.14. The summed E-state index contributed by atoms with van der Waals surface area (Å²) in [5, 5.41) is 14.4. The zero-order valence-corrected chi connectivity index (χ0v) is 11.6. The minimum Gasteiger partial charge on any atom is -0.387 e. The van der Waals surface area contributed by atoms with Crippen molar-refractivity contribution < 1.29 is 5.11 Å². The second-order valence-electron chi connectivity index (χ2n) is 6.05. The monoisotopic (exact) mass is 239 g/mol. The van der Waals surface area contributed by atoms with Crippen molar-refractivity contribution in [3.63, 3.8) is 0 Å². The van der Waals surface area contributed by atoms with Crippen LogP contribution in [0.25, 0.3) is 0 Å². The van der Waals surface area contributed by atoms with E-state index in [1.807, 2.05) is 20.2 Å². The molecule has 3 N–H and O–H groups in total. The van der Waals surface area contributed by atoms with Crippen LogP contribution < -0.4 is 5.73 Å². The summed E-state index contributed by atoms with van der Waals surface area (Å²) in [6.07, 6.45) is 3.05. The van der Waals surface area contributed by atoms with Crippen molar-refractivity contribution in [1.29, 1.82) is 0 Å². The van der Waals surface area contributed by atoms with E-state index in [4.69, 9.17) is 5.73 Å². The molecule has 0 aliphatic heterocycles. The summed E-state index contributed by atoms with van der Waals surface area (Å²) in [6, 6.07) is -0.225. The largest absolute Gasteiger partial charge is 0.387 e. The zero-order chi connectivity index (χ0) is 13.2. The molecule has 0 aliphatic carbocycles. The molecule has 4 nitrogen and oxygen atoms in total. The van der Waals surface area contributed by atoms with E-state index in [-0.39, 0.29) is 11.5 Å². The van der Waals surface area contributed by atoms with Crippen LogP contribution in [0.2, 0.25) is 0 Å². The first-order valence-corrected chi connectivity index (χ1v) is 6.14. The summed E-state index contributed by atoms with van der Waals surface area (Å²) in [7, 11) is 1.85. The van der Waals surface area contributed by atoms with Crippen molar-refractivity contribution in [2.75, 3.05) is 0 Å². The number of rotatable bonds is 4.